The molecule has 3 heterocycles. The summed E-state index contributed by atoms with van der Waals surface area (Å²) in [7, 11) is 1.74. The van der Waals surface area contributed by atoms with Crippen LogP contribution in [-0.4, -0.2) is 97.2 Å². The highest BCUT2D eigenvalue weighted by molar-refractivity contribution is 9.09. The number of amides is 3. The fourth-order valence-corrected chi connectivity index (χ4v) is 10.6. The van der Waals surface area contributed by atoms with Gasteiger partial charge in [0.05, 0.1) is 16.6 Å². The highest BCUT2D eigenvalue weighted by Crippen LogP contribution is 2.68. The van der Waals surface area contributed by atoms with Crippen LogP contribution in [0, 0.1) is 17.3 Å². The number of fused-ring (bicyclic) bond motifs is 1. The van der Waals surface area contributed by atoms with Gasteiger partial charge < -0.3 is 19.8 Å². The van der Waals surface area contributed by atoms with Crippen molar-refractivity contribution in [1.82, 2.24) is 14.7 Å². The van der Waals surface area contributed by atoms with E-state index in [1.165, 1.54) is 0 Å². The van der Waals surface area contributed by atoms with Crippen molar-refractivity contribution in [1.29, 1.82) is 0 Å². The first-order valence-corrected chi connectivity index (χ1v) is 15.0. The van der Waals surface area contributed by atoms with Gasteiger partial charge in [-0.3, -0.25) is 14.4 Å². The lowest BCUT2D eigenvalue weighted by Crippen LogP contribution is -2.60. The average molecular weight is 599 g/mol. The van der Waals surface area contributed by atoms with Crippen LogP contribution in [0.25, 0.3) is 0 Å². The molecule has 0 aliphatic carbocycles. The highest BCUT2D eigenvalue weighted by Gasteiger charge is 2.76. The molecule has 0 aromatic rings. The number of hydrogen-bond acceptors (Lipinski definition) is 5. The van der Waals surface area contributed by atoms with Crippen molar-refractivity contribution in [2.24, 2.45) is 17.3 Å². The number of nitrogens with zero attached hydrogens (tertiary/aromatic N) is 3. The molecular weight excluding hydrogens is 554 g/mol. The van der Waals surface area contributed by atoms with E-state index in [1.807, 2.05) is 4.90 Å². The van der Waals surface area contributed by atoms with Gasteiger partial charge in [0.15, 0.2) is 0 Å². The zero-order valence-electron chi connectivity index (χ0n) is 23.2. The molecule has 0 aromatic carbocycles. The molecule has 1 N–H and O–H groups in total. The van der Waals surface area contributed by atoms with Crippen LogP contribution in [0.4, 0.5) is 0 Å². The molecule has 3 unspecified atom stereocenters. The molecule has 37 heavy (non-hydrogen) atoms. The van der Waals surface area contributed by atoms with Crippen molar-refractivity contribution >= 4 is 45.4 Å². The van der Waals surface area contributed by atoms with Crippen molar-refractivity contribution in [3.63, 3.8) is 0 Å². The second-order valence-corrected chi connectivity index (χ2v) is 15.3. The minimum atomic E-state index is -0.701. The fourth-order valence-electron chi connectivity index (χ4n) is 7.02. The van der Waals surface area contributed by atoms with E-state index in [0.29, 0.717) is 25.9 Å². The van der Waals surface area contributed by atoms with Gasteiger partial charge in [0.1, 0.15) is 6.04 Å². The Morgan fingerprint density at radius 1 is 1.19 bits per heavy atom. The Morgan fingerprint density at radius 3 is 2.35 bits per heavy atom. The monoisotopic (exact) mass is 597 g/mol. The van der Waals surface area contributed by atoms with Crippen LogP contribution in [0.15, 0.2) is 25.3 Å². The minimum Gasteiger partial charge on any atom is -0.396 e. The summed E-state index contributed by atoms with van der Waals surface area (Å²) in [6.07, 6.45) is 5.22. The lowest BCUT2D eigenvalue weighted by Gasteiger charge is -2.46. The number of carbonyl (C=O) groups is 3. The summed E-state index contributed by atoms with van der Waals surface area (Å²) < 4.78 is -0.699. The van der Waals surface area contributed by atoms with Gasteiger partial charge in [-0.1, -0.05) is 48.9 Å². The second kappa shape index (κ2) is 11.0. The Balaban J connectivity index is 2.10. The largest absolute Gasteiger partial charge is 0.396 e. The summed E-state index contributed by atoms with van der Waals surface area (Å²) in [5.74, 6) is -1.39. The molecule has 3 rings (SSSR count). The van der Waals surface area contributed by atoms with E-state index in [9.17, 15) is 19.5 Å². The third kappa shape index (κ3) is 5.42. The van der Waals surface area contributed by atoms with Gasteiger partial charge in [-0.05, 0) is 38.5 Å². The van der Waals surface area contributed by atoms with E-state index < -0.39 is 28.2 Å². The molecule has 1 spiro atoms. The van der Waals surface area contributed by atoms with Crippen molar-refractivity contribution in [2.45, 2.75) is 80.3 Å². The van der Waals surface area contributed by atoms with Crippen molar-refractivity contribution < 1.29 is 19.5 Å². The Hall–Kier alpha value is -1.32. The second-order valence-electron chi connectivity index (χ2n) is 12.6. The van der Waals surface area contributed by atoms with Gasteiger partial charge in [-0.2, -0.15) is 0 Å². The van der Waals surface area contributed by atoms with E-state index in [1.54, 1.807) is 40.8 Å². The highest BCUT2D eigenvalue weighted by atomic mass is 79.9. The van der Waals surface area contributed by atoms with E-state index >= 15 is 0 Å². The molecule has 3 saturated heterocycles. The fraction of sp³-hybridized carbons (Fsp3) is 0.750. The maximum Gasteiger partial charge on any atom is 0.247 e. The molecule has 6 atom stereocenters. The Bertz CT molecular complexity index is 935. The number of halogens is 1. The van der Waals surface area contributed by atoms with Crippen LogP contribution < -0.4 is 0 Å². The van der Waals surface area contributed by atoms with Gasteiger partial charge >= 0.3 is 0 Å². The maximum atomic E-state index is 14.6. The molecule has 0 saturated carbocycles. The molecule has 3 aliphatic heterocycles. The first-order valence-electron chi connectivity index (χ1n) is 13.2. The molecule has 3 amide bonds. The SMILES string of the molecule is C=CCN(C)C(=O)[C@H]1[C@@H]2SC3(CC2Br)C(C(=O)N(CC=C)C(C)(C)CC(C)(C)C)N(CCCO)C(=O)[C@H]13. The quantitative estimate of drug-likeness (QED) is 0.290. The Kier molecular flexibility index (Phi) is 9.02. The van der Waals surface area contributed by atoms with Gasteiger partial charge in [-0.25, -0.2) is 0 Å². The first-order chi connectivity index (χ1) is 17.2. The predicted molar refractivity (Wildman–Crippen MR) is 154 cm³/mol. The number of likely N-dealkylation sites (N-methyl/N-ethyl adjacent to an activating group) is 1. The molecule has 0 aromatic heterocycles. The lowest BCUT2D eigenvalue weighted by atomic mass is 9.70. The summed E-state index contributed by atoms with van der Waals surface area (Å²) >= 11 is 5.46. The maximum absolute atomic E-state index is 14.6. The van der Waals surface area contributed by atoms with E-state index in [2.05, 4.69) is 63.7 Å². The Morgan fingerprint density at radius 2 is 1.81 bits per heavy atom. The molecule has 7 nitrogen and oxygen atoms in total. The van der Waals surface area contributed by atoms with Gasteiger partial charge in [0.2, 0.25) is 17.7 Å². The molecule has 3 aliphatic rings. The standard InChI is InChI=1S/C28H44BrN3O4S/c1-9-12-30(8)23(34)19-20-24(35)31(14-11-15-33)22(28(20)16-18(29)21(19)37-28)25(36)32(13-10-2)27(6,7)17-26(3,4)5/h9-10,18-22,33H,1-2,11-17H2,3-8H3/t18?,19-,20+,21-,22?,28?/m1/s1. The zero-order chi connectivity index (χ0) is 27.9. The van der Waals surface area contributed by atoms with Crippen LogP contribution >= 0.6 is 27.7 Å². The molecule has 3 fully saturated rings. The molecule has 2 bridgehead atoms. The van der Waals surface area contributed by atoms with E-state index in [4.69, 9.17) is 0 Å². The number of alkyl halides is 1. The number of aliphatic hydroxyl groups is 1. The Labute approximate surface area is 235 Å². The summed E-state index contributed by atoms with van der Waals surface area (Å²) in [6, 6.07) is -0.701. The van der Waals surface area contributed by atoms with E-state index in [-0.39, 0.29) is 46.4 Å². The first kappa shape index (κ1) is 30.2. The molecule has 0 radical (unpaired) electrons. The van der Waals surface area contributed by atoms with Crippen LogP contribution in [-0.2, 0) is 14.4 Å². The smallest absolute Gasteiger partial charge is 0.247 e. The van der Waals surface area contributed by atoms with Crippen LogP contribution in [0.2, 0.25) is 0 Å². The molecule has 9 heteroatoms. The zero-order valence-corrected chi connectivity index (χ0v) is 25.6. The third-order valence-electron chi connectivity index (χ3n) is 7.92. The summed E-state index contributed by atoms with van der Waals surface area (Å²) in [5.41, 5.74) is -0.487. The lowest BCUT2D eigenvalue weighted by molar-refractivity contribution is -0.147. The summed E-state index contributed by atoms with van der Waals surface area (Å²) in [5, 5.41) is 9.52. The normalized spacial score (nSPS) is 30.9. The molecular formula is C28H44BrN3O4S. The third-order valence-corrected chi connectivity index (χ3v) is 11.1. The van der Waals surface area contributed by atoms with Crippen LogP contribution in [0.1, 0.15) is 53.9 Å². The number of likely N-dealkylation sites (tertiary alicyclic amines) is 1. The van der Waals surface area contributed by atoms with Crippen LogP contribution in [0.3, 0.4) is 0 Å². The van der Waals surface area contributed by atoms with Crippen molar-refractivity contribution in [2.75, 3.05) is 33.3 Å². The van der Waals surface area contributed by atoms with Crippen molar-refractivity contribution in [3.05, 3.63) is 25.3 Å². The number of aliphatic hydroxyl groups excluding tert-OH is 1. The van der Waals surface area contributed by atoms with E-state index in [0.717, 1.165) is 6.42 Å². The summed E-state index contributed by atoms with van der Waals surface area (Å²) in [4.78, 5) is 47.5. The topological polar surface area (TPSA) is 81.2 Å². The van der Waals surface area contributed by atoms with Gasteiger partial charge in [0.25, 0.3) is 0 Å². The summed E-state index contributed by atoms with van der Waals surface area (Å²) in [6.45, 7) is 19.3. The molecule has 208 valence electrons. The van der Waals surface area contributed by atoms with Gasteiger partial charge in [-0.15, -0.1) is 24.9 Å². The number of hydrogen-bond donors (Lipinski definition) is 1. The van der Waals surface area contributed by atoms with Crippen LogP contribution in [0.5, 0.6) is 0 Å². The van der Waals surface area contributed by atoms with Gasteiger partial charge in [0, 0.05) is 48.9 Å². The predicted octanol–water partition coefficient (Wildman–Crippen LogP) is 3.71. The van der Waals surface area contributed by atoms with Crippen molar-refractivity contribution in [3.8, 4) is 0 Å². The average Bonchev–Trinajstić information content (AvgIpc) is 3.37. The minimum absolute atomic E-state index is 0.0130. The number of rotatable bonds is 11. The number of carbonyl (C=O) groups excluding carboxylic acids is 3. The number of thioether (sulfide) groups is 1.